The van der Waals surface area contributed by atoms with Gasteiger partial charge < -0.3 is 10.5 Å². The number of fused-ring (bicyclic) bond motifs is 1. The van der Waals surface area contributed by atoms with Crippen molar-refractivity contribution in [1.29, 1.82) is 0 Å². The lowest BCUT2D eigenvalue weighted by atomic mass is 10.00. The largest absolute Gasteiger partial charge is 0.375 e. The summed E-state index contributed by atoms with van der Waals surface area (Å²) in [6.45, 7) is 1.35. The number of ether oxygens (including phenoxy) is 1. The molecule has 0 amide bonds. The van der Waals surface area contributed by atoms with Gasteiger partial charge in [0, 0.05) is 4.90 Å². The number of hydrogen-bond acceptors (Lipinski definition) is 3. The monoisotopic (exact) mass is 195 g/mol. The highest BCUT2D eigenvalue weighted by molar-refractivity contribution is 7.98. The Bertz CT molecular complexity index is 314. The molecule has 1 aliphatic rings. The molecular formula is C10H13NOS. The van der Waals surface area contributed by atoms with Gasteiger partial charge in [-0.15, -0.1) is 11.8 Å². The molecule has 2 N–H and O–H groups in total. The van der Waals surface area contributed by atoms with Crippen LogP contribution in [0.5, 0.6) is 0 Å². The van der Waals surface area contributed by atoms with Crippen molar-refractivity contribution < 1.29 is 4.74 Å². The minimum atomic E-state index is 0.0552. The van der Waals surface area contributed by atoms with E-state index < -0.39 is 0 Å². The Hall–Kier alpha value is -0.510. The maximum atomic E-state index is 5.91. The van der Waals surface area contributed by atoms with E-state index in [1.807, 2.05) is 0 Å². The maximum Gasteiger partial charge on any atom is 0.0721 e. The number of nitrogens with two attached hydrogens (primary N) is 1. The predicted molar refractivity (Wildman–Crippen MR) is 54.8 cm³/mol. The summed E-state index contributed by atoms with van der Waals surface area (Å²) in [5.74, 6) is 0. The van der Waals surface area contributed by atoms with Gasteiger partial charge in [0.2, 0.25) is 0 Å². The molecule has 2 rings (SSSR count). The van der Waals surface area contributed by atoms with E-state index in [-0.39, 0.29) is 6.04 Å². The third-order valence-electron chi connectivity index (χ3n) is 2.30. The fourth-order valence-electron chi connectivity index (χ4n) is 1.58. The molecule has 0 radical (unpaired) electrons. The molecule has 0 bridgehead atoms. The van der Waals surface area contributed by atoms with Crippen LogP contribution in [-0.4, -0.2) is 12.9 Å². The van der Waals surface area contributed by atoms with Crippen molar-refractivity contribution in [2.24, 2.45) is 5.73 Å². The van der Waals surface area contributed by atoms with E-state index in [1.165, 1.54) is 16.0 Å². The van der Waals surface area contributed by atoms with Crippen LogP contribution in [0.15, 0.2) is 23.1 Å². The molecule has 1 aromatic rings. The van der Waals surface area contributed by atoms with Crippen LogP contribution in [-0.2, 0) is 11.3 Å². The molecule has 0 aromatic heterocycles. The SMILES string of the molecule is CSc1ccc2c(c1)COC[C@@H]2N. The van der Waals surface area contributed by atoms with Crippen LogP contribution >= 0.6 is 11.8 Å². The first-order valence-electron chi connectivity index (χ1n) is 4.31. The Morgan fingerprint density at radius 1 is 1.54 bits per heavy atom. The Labute approximate surface area is 82.5 Å². The van der Waals surface area contributed by atoms with Gasteiger partial charge >= 0.3 is 0 Å². The fourth-order valence-corrected chi connectivity index (χ4v) is 2.05. The topological polar surface area (TPSA) is 35.2 Å². The first-order chi connectivity index (χ1) is 6.31. The van der Waals surface area contributed by atoms with Crippen LogP contribution in [0.2, 0.25) is 0 Å². The Morgan fingerprint density at radius 3 is 3.15 bits per heavy atom. The summed E-state index contributed by atoms with van der Waals surface area (Å²) < 4.78 is 5.37. The van der Waals surface area contributed by atoms with Gasteiger partial charge in [0.05, 0.1) is 19.3 Å². The van der Waals surface area contributed by atoms with Gasteiger partial charge in [-0.05, 0) is 29.5 Å². The van der Waals surface area contributed by atoms with Crippen molar-refractivity contribution in [3.63, 3.8) is 0 Å². The third-order valence-corrected chi connectivity index (χ3v) is 3.03. The quantitative estimate of drug-likeness (QED) is 0.695. The summed E-state index contributed by atoms with van der Waals surface area (Å²) in [7, 11) is 0. The molecule has 0 unspecified atom stereocenters. The first kappa shape index (κ1) is 9.06. The number of benzene rings is 1. The van der Waals surface area contributed by atoms with E-state index in [9.17, 15) is 0 Å². The highest BCUT2D eigenvalue weighted by Gasteiger charge is 2.16. The molecule has 1 aliphatic heterocycles. The molecule has 2 nitrogen and oxygen atoms in total. The molecular weight excluding hydrogens is 182 g/mol. The van der Waals surface area contributed by atoms with Gasteiger partial charge in [-0.3, -0.25) is 0 Å². The molecule has 70 valence electrons. The summed E-state index contributed by atoms with van der Waals surface area (Å²) >= 11 is 1.75. The van der Waals surface area contributed by atoms with Gasteiger partial charge in [-0.1, -0.05) is 6.07 Å². The van der Waals surface area contributed by atoms with E-state index in [4.69, 9.17) is 10.5 Å². The van der Waals surface area contributed by atoms with Crippen molar-refractivity contribution in [3.05, 3.63) is 29.3 Å². The zero-order chi connectivity index (χ0) is 9.26. The molecule has 1 atom stereocenters. The number of thioether (sulfide) groups is 1. The standard InChI is InChI=1S/C10H13NOS/c1-13-8-2-3-9-7(4-8)5-12-6-10(9)11/h2-4,10H,5-6,11H2,1H3/t10-/m0/s1. The van der Waals surface area contributed by atoms with E-state index in [1.54, 1.807) is 11.8 Å². The summed E-state index contributed by atoms with van der Waals surface area (Å²) in [4.78, 5) is 1.27. The Morgan fingerprint density at radius 2 is 2.38 bits per heavy atom. The van der Waals surface area contributed by atoms with Crippen molar-refractivity contribution in [3.8, 4) is 0 Å². The highest BCUT2D eigenvalue weighted by atomic mass is 32.2. The first-order valence-corrected chi connectivity index (χ1v) is 5.54. The third kappa shape index (κ3) is 1.73. The molecule has 0 fully saturated rings. The van der Waals surface area contributed by atoms with E-state index in [0.29, 0.717) is 13.2 Å². The second-order valence-corrected chi connectivity index (χ2v) is 4.07. The molecule has 0 aliphatic carbocycles. The Kier molecular flexibility index (Phi) is 2.58. The average molecular weight is 195 g/mol. The second-order valence-electron chi connectivity index (χ2n) is 3.19. The summed E-state index contributed by atoms with van der Waals surface area (Å²) in [5, 5.41) is 0. The average Bonchev–Trinajstić information content (AvgIpc) is 2.18. The van der Waals surface area contributed by atoms with Gasteiger partial charge in [-0.25, -0.2) is 0 Å². The minimum absolute atomic E-state index is 0.0552. The molecule has 1 aromatic carbocycles. The van der Waals surface area contributed by atoms with Crippen LogP contribution in [0.4, 0.5) is 0 Å². The Balaban J connectivity index is 2.39. The van der Waals surface area contributed by atoms with Crippen molar-refractivity contribution in [2.75, 3.05) is 12.9 Å². The van der Waals surface area contributed by atoms with Crippen molar-refractivity contribution in [1.82, 2.24) is 0 Å². The molecule has 0 spiro atoms. The predicted octanol–water partition coefficient (Wildman–Crippen LogP) is 1.94. The fraction of sp³-hybridized carbons (Fsp3) is 0.400. The van der Waals surface area contributed by atoms with Crippen LogP contribution in [0.1, 0.15) is 17.2 Å². The lowest BCUT2D eigenvalue weighted by Crippen LogP contribution is -2.23. The zero-order valence-corrected chi connectivity index (χ0v) is 8.43. The number of rotatable bonds is 1. The van der Waals surface area contributed by atoms with Crippen LogP contribution in [0.3, 0.4) is 0 Å². The molecule has 3 heteroatoms. The minimum Gasteiger partial charge on any atom is -0.375 e. The van der Waals surface area contributed by atoms with Crippen LogP contribution in [0.25, 0.3) is 0 Å². The summed E-state index contributed by atoms with van der Waals surface area (Å²) in [5.41, 5.74) is 8.39. The zero-order valence-electron chi connectivity index (χ0n) is 7.62. The maximum absolute atomic E-state index is 5.91. The molecule has 0 saturated heterocycles. The van der Waals surface area contributed by atoms with E-state index >= 15 is 0 Å². The van der Waals surface area contributed by atoms with Crippen LogP contribution < -0.4 is 5.73 Å². The van der Waals surface area contributed by atoms with E-state index in [2.05, 4.69) is 24.5 Å². The summed E-state index contributed by atoms with van der Waals surface area (Å²) in [6, 6.07) is 6.46. The molecule has 0 saturated carbocycles. The highest BCUT2D eigenvalue weighted by Crippen LogP contribution is 2.26. The van der Waals surface area contributed by atoms with Gasteiger partial charge in [-0.2, -0.15) is 0 Å². The number of hydrogen-bond donors (Lipinski definition) is 1. The smallest absolute Gasteiger partial charge is 0.0721 e. The van der Waals surface area contributed by atoms with Gasteiger partial charge in [0.15, 0.2) is 0 Å². The lowest BCUT2D eigenvalue weighted by molar-refractivity contribution is 0.0922. The van der Waals surface area contributed by atoms with Crippen molar-refractivity contribution >= 4 is 11.8 Å². The molecule has 13 heavy (non-hydrogen) atoms. The second kappa shape index (κ2) is 3.70. The van der Waals surface area contributed by atoms with E-state index in [0.717, 1.165) is 0 Å². The lowest BCUT2D eigenvalue weighted by Gasteiger charge is -2.22. The normalized spacial score (nSPS) is 21.2. The van der Waals surface area contributed by atoms with Gasteiger partial charge in [0.25, 0.3) is 0 Å². The van der Waals surface area contributed by atoms with Crippen molar-refractivity contribution in [2.45, 2.75) is 17.5 Å². The summed E-state index contributed by atoms with van der Waals surface area (Å²) in [6.07, 6.45) is 2.07. The van der Waals surface area contributed by atoms with Gasteiger partial charge in [0.1, 0.15) is 0 Å². The van der Waals surface area contributed by atoms with Crippen LogP contribution in [0, 0.1) is 0 Å². The molecule has 1 heterocycles.